The SMILES string of the molecule is Cc1cc(NC[C@H](O)CO)nc(-c2ccc(Br)c(F)c2)n1.S. The van der Waals surface area contributed by atoms with Crippen LogP contribution in [0.25, 0.3) is 11.4 Å². The molecular formula is C14H17BrFN3O2S. The molecule has 3 N–H and O–H groups in total. The highest BCUT2D eigenvalue weighted by Gasteiger charge is 2.09. The fourth-order valence-corrected chi connectivity index (χ4v) is 1.96. The molecule has 0 aliphatic heterocycles. The zero-order chi connectivity index (χ0) is 15.4. The molecule has 0 unspecified atom stereocenters. The van der Waals surface area contributed by atoms with E-state index in [4.69, 9.17) is 5.11 Å². The lowest BCUT2D eigenvalue weighted by Gasteiger charge is -2.11. The molecule has 1 aromatic heterocycles. The topological polar surface area (TPSA) is 78.3 Å². The number of hydrogen-bond donors (Lipinski definition) is 3. The second kappa shape index (κ2) is 8.42. The summed E-state index contributed by atoms with van der Waals surface area (Å²) in [5, 5.41) is 21.0. The van der Waals surface area contributed by atoms with E-state index < -0.39 is 6.10 Å². The van der Waals surface area contributed by atoms with Gasteiger partial charge in [0.2, 0.25) is 0 Å². The van der Waals surface area contributed by atoms with Gasteiger partial charge in [-0.2, -0.15) is 13.5 Å². The molecular weight excluding hydrogens is 373 g/mol. The van der Waals surface area contributed by atoms with Crippen LogP contribution in [0.5, 0.6) is 0 Å². The van der Waals surface area contributed by atoms with Gasteiger partial charge in [0.15, 0.2) is 5.82 Å². The molecule has 0 spiro atoms. The molecule has 0 saturated carbocycles. The van der Waals surface area contributed by atoms with Gasteiger partial charge in [0, 0.05) is 23.9 Å². The summed E-state index contributed by atoms with van der Waals surface area (Å²) in [6, 6.07) is 6.38. The van der Waals surface area contributed by atoms with Crippen LogP contribution < -0.4 is 5.32 Å². The molecule has 0 bridgehead atoms. The normalized spacial score (nSPS) is 11.7. The molecule has 0 aliphatic carbocycles. The molecule has 5 nitrogen and oxygen atoms in total. The maximum Gasteiger partial charge on any atom is 0.161 e. The molecule has 120 valence electrons. The Kier molecular flexibility index (Phi) is 7.21. The van der Waals surface area contributed by atoms with Gasteiger partial charge in [-0.25, -0.2) is 14.4 Å². The average molecular weight is 390 g/mol. The van der Waals surface area contributed by atoms with E-state index in [-0.39, 0.29) is 32.5 Å². The van der Waals surface area contributed by atoms with Gasteiger partial charge in [0.05, 0.1) is 17.2 Å². The van der Waals surface area contributed by atoms with Gasteiger partial charge in [0.25, 0.3) is 0 Å². The zero-order valence-electron chi connectivity index (χ0n) is 11.8. The number of aryl methyl sites for hydroxylation is 1. The third-order valence-corrected chi connectivity index (χ3v) is 3.40. The van der Waals surface area contributed by atoms with Crippen molar-refractivity contribution in [2.75, 3.05) is 18.5 Å². The van der Waals surface area contributed by atoms with Crippen LogP contribution in [0.15, 0.2) is 28.7 Å². The highest BCUT2D eigenvalue weighted by Crippen LogP contribution is 2.23. The van der Waals surface area contributed by atoms with E-state index in [0.29, 0.717) is 27.4 Å². The Balaban J connectivity index is 0.00000242. The van der Waals surface area contributed by atoms with Gasteiger partial charge < -0.3 is 15.5 Å². The molecule has 0 fully saturated rings. The van der Waals surface area contributed by atoms with Gasteiger partial charge in [-0.3, -0.25) is 0 Å². The van der Waals surface area contributed by atoms with Gasteiger partial charge in [0.1, 0.15) is 11.6 Å². The number of rotatable bonds is 5. The van der Waals surface area contributed by atoms with Crippen LogP contribution in [0.1, 0.15) is 5.69 Å². The number of aliphatic hydroxyl groups is 2. The maximum atomic E-state index is 13.6. The monoisotopic (exact) mass is 389 g/mol. The van der Waals surface area contributed by atoms with Crippen molar-refractivity contribution >= 4 is 35.2 Å². The highest BCUT2D eigenvalue weighted by atomic mass is 79.9. The third-order valence-electron chi connectivity index (χ3n) is 2.76. The molecule has 2 aromatic rings. The Labute approximate surface area is 143 Å². The fourth-order valence-electron chi connectivity index (χ4n) is 1.71. The number of halogens is 2. The van der Waals surface area contributed by atoms with Gasteiger partial charge in [-0.1, -0.05) is 0 Å². The minimum Gasteiger partial charge on any atom is -0.394 e. The molecule has 8 heteroatoms. The first-order valence-electron chi connectivity index (χ1n) is 6.33. The van der Waals surface area contributed by atoms with E-state index in [1.165, 1.54) is 6.07 Å². The molecule has 1 aromatic carbocycles. The minimum atomic E-state index is -0.867. The highest BCUT2D eigenvalue weighted by molar-refractivity contribution is 9.10. The summed E-state index contributed by atoms with van der Waals surface area (Å²) < 4.78 is 14.0. The molecule has 0 radical (unpaired) electrons. The number of anilines is 1. The van der Waals surface area contributed by atoms with Crippen LogP contribution in [0.4, 0.5) is 10.2 Å². The standard InChI is InChI=1S/C14H15BrFN3O2.H2S/c1-8-4-13(17-6-10(21)7-20)19-14(18-8)9-2-3-11(15)12(16)5-9;/h2-5,10,20-21H,6-7H2,1H3,(H,17,18,19);1H2/t10-;/m0./s1. The van der Waals surface area contributed by atoms with E-state index in [1.54, 1.807) is 25.1 Å². The predicted octanol–water partition coefficient (Wildman–Crippen LogP) is 2.23. The summed E-state index contributed by atoms with van der Waals surface area (Å²) in [6.07, 6.45) is -0.867. The predicted molar refractivity (Wildman–Crippen MR) is 91.8 cm³/mol. The number of nitrogens with one attached hydrogen (secondary N) is 1. The summed E-state index contributed by atoms with van der Waals surface area (Å²) in [6.45, 7) is 1.64. The number of hydrogen-bond acceptors (Lipinski definition) is 5. The molecule has 0 amide bonds. The van der Waals surface area contributed by atoms with Crippen LogP contribution in [0, 0.1) is 12.7 Å². The maximum absolute atomic E-state index is 13.6. The van der Waals surface area contributed by atoms with Crippen molar-refractivity contribution in [3.63, 3.8) is 0 Å². The first kappa shape index (κ1) is 18.8. The Morgan fingerprint density at radius 3 is 2.68 bits per heavy atom. The van der Waals surface area contributed by atoms with E-state index in [9.17, 15) is 9.50 Å². The summed E-state index contributed by atoms with van der Waals surface area (Å²) in [5.41, 5.74) is 1.27. The second-order valence-electron chi connectivity index (χ2n) is 4.56. The Morgan fingerprint density at radius 2 is 2.05 bits per heavy atom. The van der Waals surface area contributed by atoms with Crippen molar-refractivity contribution in [3.8, 4) is 11.4 Å². The lowest BCUT2D eigenvalue weighted by atomic mass is 10.2. The second-order valence-corrected chi connectivity index (χ2v) is 5.42. The molecule has 1 atom stereocenters. The van der Waals surface area contributed by atoms with Crippen molar-refractivity contribution < 1.29 is 14.6 Å². The lowest BCUT2D eigenvalue weighted by molar-refractivity contribution is 0.105. The molecule has 1 heterocycles. The van der Waals surface area contributed by atoms with Crippen molar-refractivity contribution in [1.29, 1.82) is 0 Å². The summed E-state index contributed by atoms with van der Waals surface area (Å²) in [4.78, 5) is 8.56. The van der Waals surface area contributed by atoms with Crippen molar-refractivity contribution in [3.05, 3.63) is 40.2 Å². The van der Waals surface area contributed by atoms with Crippen molar-refractivity contribution in [1.82, 2.24) is 9.97 Å². The smallest absolute Gasteiger partial charge is 0.161 e. The summed E-state index contributed by atoms with van der Waals surface area (Å²) >= 11 is 3.10. The van der Waals surface area contributed by atoms with Crippen LogP contribution in [0.2, 0.25) is 0 Å². The molecule has 2 rings (SSSR count). The van der Waals surface area contributed by atoms with Crippen LogP contribution >= 0.6 is 29.4 Å². The zero-order valence-corrected chi connectivity index (χ0v) is 14.4. The number of nitrogens with zero attached hydrogens (tertiary/aromatic N) is 2. The first-order valence-corrected chi connectivity index (χ1v) is 7.13. The minimum absolute atomic E-state index is 0. The molecule has 0 saturated heterocycles. The van der Waals surface area contributed by atoms with Gasteiger partial charge in [-0.15, -0.1) is 0 Å². The number of benzene rings is 1. The van der Waals surface area contributed by atoms with Crippen LogP contribution in [0.3, 0.4) is 0 Å². The fraction of sp³-hybridized carbons (Fsp3) is 0.286. The van der Waals surface area contributed by atoms with Crippen LogP contribution in [-0.2, 0) is 0 Å². The Bertz CT molecular complexity index is 645. The molecule has 22 heavy (non-hydrogen) atoms. The van der Waals surface area contributed by atoms with Gasteiger partial charge in [-0.05, 0) is 41.1 Å². The van der Waals surface area contributed by atoms with Gasteiger partial charge >= 0.3 is 0 Å². The quantitative estimate of drug-likeness (QED) is 0.730. The van der Waals surface area contributed by atoms with Crippen molar-refractivity contribution in [2.24, 2.45) is 0 Å². The average Bonchev–Trinajstić information content (AvgIpc) is 2.47. The Morgan fingerprint density at radius 1 is 1.32 bits per heavy atom. The third kappa shape index (κ3) is 4.91. The van der Waals surface area contributed by atoms with E-state index in [1.807, 2.05) is 0 Å². The Hall–Kier alpha value is -1.22. The summed E-state index contributed by atoms with van der Waals surface area (Å²) in [5.74, 6) is 0.513. The first-order chi connectivity index (χ1) is 9.99. The molecule has 0 aliphatic rings. The van der Waals surface area contributed by atoms with E-state index in [0.717, 1.165) is 0 Å². The van der Waals surface area contributed by atoms with Crippen LogP contribution in [-0.4, -0.2) is 39.4 Å². The number of aromatic nitrogens is 2. The number of aliphatic hydroxyl groups excluding tert-OH is 2. The van der Waals surface area contributed by atoms with E-state index >= 15 is 0 Å². The summed E-state index contributed by atoms with van der Waals surface area (Å²) in [7, 11) is 0. The largest absolute Gasteiger partial charge is 0.394 e. The lowest BCUT2D eigenvalue weighted by Crippen LogP contribution is -2.23. The van der Waals surface area contributed by atoms with Crippen molar-refractivity contribution in [2.45, 2.75) is 13.0 Å². The van der Waals surface area contributed by atoms with E-state index in [2.05, 4.69) is 31.2 Å².